The Morgan fingerprint density at radius 3 is 1.67 bits per heavy atom. The number of hydrogen-bond acceptors (Lipinski definition) is 10. The van der Waals surface area contributed by atoms with Crippen LogP contribution >= 0.6 is 67.8 Å². The SMILES string of the molecule is CC(=O)OCC(=O)N(CCO)c1c(I)c(C(=O)NCC(O)CO)c(I)c(C(=O)NCC(O)CO)c1I. The average Bonchev–Trinajstić information content (AvgIpc) is 2.83. The van der Waals surface area contributed by atoms with Gasteiger partial charge in [0.15, 0.2) is 6.61 Å². The maximum Gasteiger partial charge on any atom is 0.303 e. The molecule has 0 saturated heterocycles. The van der Waals surface area contributed by atoms with Gasteiger partial charge < -0.3 is 45.8 Å². The van der Waals surface area contributed by atoms with Gasteiger partial charge in [0.05, 0.1) is 56.0 Å². The van der Waals surface area contributed by atoms with Gasteiger partial charge in [-0.1, -0.05) is 0 Å². The zero-order valence-corrected chi connectivity index (χ0v) is 25.4. The van der Waals surface area contributed by atoms with Crippen molar-refractivity contribution in [2.24, 2.45) is 0 Å². The van der Waals surface area contributed by atoms with Gasteiger partial charge in [0.25, 0.3) is 17.7 Å². The van der Waals surface area contributed by atoms with Crippen LogP contribution in [0.25, 0.3) is 0 Å². The van der Waals surface area contributed by atoms with Crippen LogP contribution in [0.2, 0.25) is 0 Å². The van der Waals surface area contributed by atoms with Crippen molar-refractivity contribution >= 4 is 97.2 Å². The molecule has 0 aromatic heterocycles. The summed E-state index contributed by atoms with van der Waals surface area (Å²) in [7, 11) is 0. The first-order valence-electron chi connectivity index (χ1n) is 10.3. The van der Waals surface area contributed by atoms with Gasteiger partial charge in [-0.25, -0.2) is 0 Å². The van der Waals surface area contributed by atoms with Crippen LogP contribution < -0.4 is 15.5 Å². The van der Waals surface area contributed by atoms with Crippen LogP contribution in [0.3, 0.4) is 0 Å². The van der Waals surface area contributed by atoms with Crippen molar-refractivity contribution in [1.29, 1.82) is 0 Å². The lowest BCUT2D eigenvalue weighted by atomic mass is 10.1. The average molecular weight is 849 g/mol. The number of aliphatic hydroxyl groups excluding tert-OH is 5. The number of ether oxygens (including phenoxy) is 1. The van der Waals surface area contributed by atoms with Crippen molar-refractivity contribution < 1.29 is 49.4 Å². The summed E-state index contributed by atoms with van der Waals surface area (Å²) in [4.78, 5) is 51.4. The summed E-state index contributed by atoms with van der Waals surface area (Å²) in [5.74, 6) is -2.85. The normalized spacial score (nSPS) is 12.5. The molecule has 202 valence electrons. The van der Waals surface area contributed by atoms with Gasteiger partial charge in [-0.3, -0.25) is 19.2 Å². The third kappa shape index (κ3) is 9.13. The minimum absolute atomic E-state index is 0.0205. The predicted octanol–water partition coefficient (Wildman–Crippen LogP) is -1.45. The van der Waals surface area contributed by atoms with Crippen molar-refractivity contribution in [1.82, 2.24) is 10.6 Å². The fourth-order valence-electron chi connectivity index (χ4n) is 2.72. The molecule has 0 aliphatic rings. The molecule has 3 amide bonds. The van der Waals surface area contributed by atoms with E-state index in [0.29, 0.717) is 0 Å². The largest absolute Gasteiger partial charge is 0.456 e. The number of carbonyl (C=O) groups excluding carboxylic acids is 4. The molecule has 36 heavy (non-hydrogen) atoms. The minimum Gasteiger partial charge on any atom is -0.456 e. The molecular weight excluding hydrogens is 823 g/mol. The maximum absolute atomic E-state index is 13.1. The summed E-state index contributed by atoms with van der Waals surface area (Å²) in [6.07, 6.45) is -2.46. The summed E-state index contributed by atoms with van der Waals surface area (Å²) in [6, 6.07) is 0. The topological polar surface area (TPSA) is 206 Å². The zero-order valence-electron chi connectivity index (χ0n) is 19.0. The van der Waals surface area contributed by atoms with Gasteiger partial charge in [-0.2, -0.15) is 0 Å². The lowest BCUT2D eigenvalue weighted by Crippen LogP contribution is -2.40. The second-order valence-electron chi connectivity index (χ2n) is 7.18. The quantitative estimate of drug-likeness (QED) is 0.0910. The van der Waals surface area contributed by atoms with E-state index >= 15 is 0 Å². The highest BCUT2D eigenvalue weighted by Crippen LogP contribution is 2.38. The molecule has 16 heteroatoms. The van der Waals surface area contributed by atoms with E-state index in [2.05, 4.69) is 10.6 Å². The monoisotopic (exact) mass is 849 g/mol. The Bertz CT molecular complexity index is 926. The Labute approximate surface area is 247 Å². The van der Waals surface area contributed by atoms with E-state index in [4.69, 9.17) is 14.9 Å². The predicted molar refractivity (Wildman–Crippen MR) is 152 cm³/mol. The smallest absolute Gasteiger partial charge is 0.303 e. The summed E-state index contributed by atoms with van der Waals surface area (Å²) in [5, 5.41) is 51.8. The Kier molecular flexibility index (Phi) is 14.8. The van der Waals surface area contributed by atoms with Crippen LogP contribution in [0.15, 0.2) is 0 Å². The van der Waals surface area contributed by atoms with Gasteiger partial charge >= 0.3 is 5.97 Å². The molecule has 13 nitrogen and oxygen atoms in total. The van der Waals surface area contributed by atoms with Gasteiger partial charge in [-0.05, 0) is 67.8 Å². The van der Waals surface area contributed by atoms with E-state index in [1.165, 1.54) is 0 Å². The lowest BCUT2D eigenvalue weighted by Gasteiger charge is -2.27. The highest BCUT2D eigenvalue weighted by atomic mass is 127. The molecule has 0 saturated carbocycles. The summed E-state index contributed by atoms with van der Waals surface area (Å²) < 4.78 is 5.44. The van der Waals surface area contributed by atoms with E-state index in [-0.39, 0.29) is 47.2 Å². The third-order valence-electron chi connectivity index (χ3n) is 4.46. The van der Waals surface area contributed by atoms with E-state index in [1.807, 2.05) is 45.2 Å². The lowest BCUT2D eigenvalue weighted by molar-refractivity contribution is -0.145. The molecule has 0 spiro atoms. The molecule has 1 rings (SSSR count). The third-order valence-corrected chi connectivity index (χ3v) is 7.64. The highest BCUT2D eigenvalue weighted by molar-refractivity contribution is 14.1. The molecule has 1 aromatic carbocycles. The number of aliphatic hydroxyl groups is 5. The number of esters is 1. The number of nitrogens with one attached hydrogen (secondary N) is 2. The molecule has 0 heterocycles. The molecule has 0 aliphatic heterocycles. The van der Waals surface area contributed by atoms with Crippen molar-refractivity contribution in [3.63, 3.8) is 0 Å². The number of anilines is 1. The van der Waals surface area contributed by atoms with E-state index in [1.54, 1.807) is 22.6 Å². The molecule has 2 unspecified atom stereocenters. The minimum atomic E-state index is -1.23. The van der Waals surface area contributed by atoms with E-state index in [0.717, 1.165) is 11.8 Å². The number of benzene rings is 1. The molecule has 0 bridgehead atoms. The van der Waals surface area contributed by atoms with Gasteiger partial charge in [0, 0.05) is 30.1 Å². The van der Waals surface area contributed by atoms with Crippen molar-refractivity contribution in [2.75, 3.05) is 51.0 Å². The van der Waals surface area contributed by atoms with E-state index < -0.39 is 62.3 Å². The second kappa shape index (κ2) is 16.1. The van der Waals surface area contributed by atoms with Crippen LogP contribution in [0.4, 0.5) is 5.69 Å². The second-order valence-corrected chi connectivity index (χ2v) is 10.4. The first kappa shape index (κ1) is 33.1. The standard InChI is InChI=1S/C20H26I3N3O10/c1-9(30)36-8-12(33)26(2-3-27)18-16(22)13(19(34)24-4-10(31)6-28)15(21)14(17(18)23)20(35)25-5-11(32)7-29/h10-11,27-29,31-32H,2-8H2,1H3,(H,24,34)(H,25,35). The molecule has 7 N–H and O–H groups in total. The number of rotatable bonds is 13. The zero-order chi connectivity index (χ0) is 27.6. The van der Waals surface area contributed by atoms with Gasteiger partial charge in [0.1, 0.15) is 0 Å². The number of nitrogens with zero attached hydrogens (tertiary/aromatic N) is 1. The first-order valence-corrected chi connectivity index (χ1v) is 13.5. The van der Waals surface area contributed by atoms with Crippen LogP contribution in [0.1, 0.15) is 27.6 Å². The van der Waals surface area contributed by atoms with Crippen molar-refractivity contribution in [3.8, 4) is 0 Å². The first-order chi connectivity index (χ1) is 16.9. The van der Waals surface area contributed by atoms with E-state index in [9.17, 15) is 34.5 Å². The Hall–Kier alpha value is -0.910. The maximum atomic E-state index is 13.1. The van der Waals surface area contributed by atoms with Crippen LogP contribution in [-0.2, 0) is 14.3 Å². The van der Waals surface area contributed by atoms with Gasteiger partial charge in [0.2, 0.25) is 0 Å². The Balaban J connectivity index is 3.73. The highest BCUT2D eigenvalue weighted by Gasteiger charge is 2.32. The van der Waals surface area contributed by atoms with Crippen LogP contribution in [0.5, 0.6) is 0 Å². The molecule has 0 radical (unpaired) electrons. The van der Waals surface area contributed by atoms with Gasteiger partial charge in [-0.15, -0.1) is 0 Å². The number of hydrogen-bond donors (Lipinski definition) is 7. The molecular formula is C20H26I3N3O10. The summed E-state index contributed by atoms with van der Waals surface area (Å²) in [5.41, 5.74) is 0.0595. The molecule has 2 atom stereocenters. The Morgan fingerprint density at radius 1 is 0.861 bits per heavy atom. The molecule has 0 fully saturated rings. The van der Waals surface area contributed by atoms with Crippen LogP contribution in [-0.4, -0.2) is 107 Å². The molecule has 1 aromatic rings. The van der Waals surface area contributed by atoms with Crippen LogP contribution in [0, 0.1) is 10.7 Å². The summed E-state index contributed by atoms with van der Waals surface area (Å²) in [6.45, 7) is -2.04. The number of carbonyl (C=O) groups is 4. The van der Waals surface area contributed by atoms with Crippen molar-refractivity contribution in [3.05, 3.63) is 21.8 Å². The fourth-order valence-corrected chi connectivity index (χ4v) is 7.44. The van der Waals surface area contributed by atoms with Crippen molar-refractivity contribution in [2.45, 2.75) is 19.1 Å². The molecule has 0 aliphatic carbocycles. The Morgan fingerprint density at radius 2 is 1.31 bits per heavy atom. The number of halogens is 3. The summed E-state index contributed by atoms with van der Waals surface area (Å²) >= 11 is 5.41. The number of amides is 3. The fraction of sp³-hybridized carbons (Fsp3) is 0.500.